The number of nitrogens with one attached hydrogen (secondary N) is 2. The lowest BCUT2D eigenvalue weighted by atomic mass is 10.00. The molecule has 0 aliphatic rings. The largest absolute Gasteiger partial charge is 0.462 e. The first-order valence-electron chi connectivity index (χ1n) is 9.32. The van der Waals surface area contributed by atoms with Crippen LogP contribution in [0.1, 0.15) is 70.1 Å². The van der Waals surface area contributed by atoms with Crippen LogP contribution in [0.15, 0.2) is 9.52 Å². The number of guanidine groups is 1. The van der Waals surface area contributed by atoms with E-state index in [9.17, 15) is 4.79 Å². The Morgan fingerprint density at radius 1 is 1.29 bits per heavy atom. The van der Waals surface area contributed by atoms with Crippen LogP contribution in [0.4, 0.5) is 0 Å². The quantitative estimate of drug-likeness (QED) is 0.413. The molecule has 2 N–H and O–H groups in total. The Kier molecular flexibility index (Phi) is 7.56. The average Bonchev–Trinajstić information content (AvgIpc) is 3.20. The summed E-state index contributed by atoms with van der Waals surface area (Å²) in [6.07, 6.45) is 0. The number of hydrogen-bond donors (Lipinski definition) is 2. The Morgan fingerprint density at radius 3 is 2.57 bits per heavy atom. The number of aliphatic imine (C=N–C) groups is 1. The van der Waals surface area contributed by atoms with Crippen molar-refractivity contribution < 1.29 is 14.1 Å². The third-order valence-electron chi connectivity index (χ3n) is 4.38. The molecule has 0 radical (unpaired) electrons. The molecule has 154 valence electrons. The summed E-state index contributed by atoms with van der Waals surface area (Å²) < 4.78 is 10.3. The molecule has 8 nitrogen and oxygen atoms in total. The lowest BCUT2D eigenvalue weighted by Crippen LogP contribution is -2.40. The summed E-state index contributed by atoms with van der Waals surface area (Å²) in [5.74, 6) is 1.40. The first-order chi connectivity index (χ1) is 13.3. The molecule has 0 saturated heterocycles. The average molecular weight is 408 g/mol. The molecule has 2 aromatic rings. The van der Waals surface area contributed by atoms with Gasteiger partial charge in [0.15, 0.2) is 5.96 Å². The third kappa shape index (κ3) is 5.09. The Balaban J connectivity index is 1.99. The van der Waals surface area contributed by atoms with E-state index in [1.807, 2.05) is 27.7 Å². The first-order valence-corrected chi connectivity index (χ1v) is 10.1. The fraction of sp³-hybridized carbons (Fsp3) is 0.579. The van der Waals surface area contributed by atoms with Gasteiger partial charge in [0.2, 0.25) is 0 Å². The number of carbonyl (C=O) groups excluding carboxylic acids is 1. The number of thiazole rings is 1. The van der Waals surface area contributed by atoms with Gasteiger partial charge < -0.3 is 19.9 Å². The van der Waals surface area contributed by atoms with E-state index in [0.29, 0.717) is 29.7 Å². The Morgan fingerprint density at radius 2 is 2.00 bits per heavy atom. The van der Waals surface area contributed by atoms with Gasteiger partial charge in [-0.2, -0.15) is 0 Å². The van der Waals surface area contributed by atoms with E-state index >= 15 is 0 Å². The van der Waals surface area contributed by atoms with Gasteiger partial charge in [-0.25, -0.2) is 9.78 Å². The van der Waals surface area contributed by atoms with Gasteiger partial charge in [-0.1, -0.05) is 12.1 Å². The van der Waals surface area contributed by atoms with Crippen molar-refractivity contribution in [2.75, 3.05) is 20.2 Å². The number of carbonyl (C=O) groups is 1. The summed E-state index contributed by atoms with van der Waals surface area (Å²) in [5, 5.41) is 11.5. The fourth-order valence-corrected chi connectivity index (χ4v) is 3.96. The van der Waals surface area contributed by atoms with Crippen molar-refractivity contribution >= 4 is 23.3 Å². The van der Waals surface area contributed by atoms with E-state index in [-0.39, 0.29) is 17.9 Å². The topological polar surface area (TPSA) is 102 Å². The van der Waals surface area contributed by atoms with Crippen molar-refractivity contribution in [2.24, 2.45) is 4.99 Å². The van der Waals surface area contributed by atoms with Crippen LogP contribution in [0.3, 0.4) is 0 Å². The lowest BCUT2D eigenvalue weighted by Gasteiger charge is -2.18. The number of nitrogens with zero attached hydrogens (tertiary/aromatic N) is 3. The highest BCUT2D eigenvalue weighted by Crippen LogP contribution is 2.25. The zero-order valence-corrected chi connectivity index (χ0v) is 18.4. The zero-order valence-electron chi connectivity index (χ0n) is 17.5. The van der Waals surface area contributed by atoms with Gasteiger partial charge in [-0.3, -0.25) is 4.99 Å². The molecule has 0 amide bonds. The summed E-state index contributed by atoms with van der Waals surface area (Å²) in [7, 11) is 1.72. The van der Waals surface area contributed by atoms with E-state index in [1.165, 1.54) is 11.3 Å². The molecule has 0 saturated carbocycles. The zero-order chi connectivity index (χ0) is 20.8. The molecule has 2 heterocycles. The van der Waals surface area contributed by atoms with Crippen LogP contribution in [0.2, 0.25) is 0 Å². The van der Waals surface area contributed by atoms with E-state index in [4.69, 9.17) is 9.26 Å². The molecular weight excluding hydrogens is 378 g/mol. The highest BCUT2D eigenvalue weighted by Gasteiger charge is 2.21. The molecule has 2 rings (SSSR count). The molecule has 0 aliphatic heterocycles. The van der Waals surface area contributed by atoms with Crippen LogP contribution in [-0.2, 0) is 4.74 Å². The SMILES string of the molecule is CCOC(=O)c1sc(C(C)NC(=NC)NCC(C)c2c(C)noc2C)nc1C. The highest BCUT2D eigenvalue weighted by molar-refractivity contribution is 7.13. The molecule has 0 aliphatic carbocycles. The molecule has 0 bridgehead atoms. The van der Waals surface area contributed by atoms with Crippen molar-refractivity contribution in [3.8, 4) is 0 Å². The highest BCUT2D eigenvalue weighted by atomic mass is 32.1. The molecule has 0 fully saturated rings. The van der Waals surface area contributed by atoms with Crippen LogP contribution in [-0.4, -0.2) is 42.3 Å². The van der Waals surface area contributed by atoms with E-state index in [2.05, 4.69) is 32.7 Å². The molecule has 9 heteroatoms. The molecule has 0 spiro atoms. The minimum absolute atomic E-state index is 0.104. The van der Waals surface area contributed by atoms with Gasteiger partial charge in [0.25, 0.3) is 0 Å². The minimum Gasteiger partial charge on any atom is -0.462 e. The van der Waals surface area contributed by atoms with Gasteiger partial charge in [0, 0.05) is 25.1 Å². The van der Waals surface area contributed by atoms with E-state index in [1.54, 1.807) is 14.0 Å². The van der Waals surface area contributed by atoms with Crippen molar-refractivity contribution in [2.45, 2.75) is 53.5 Å². The predicted molar refractivity (Wildman–Crippen MR) is 110 cm³/mol. The first kappa shape index (κ1) is 21.9. The Bertz CT molecular complexity index is 823. The van der Waals surface area contributed by atoms with Gasteiger partial charge in [-0.05, 0) is 34.6 Å². The van der Waals surface area contributed by atoms with Crippen LogP contribution >= 0.6 is 11.3 Å². The number of rotatable bonds is 7. The maximum atomic E-state index is 12.0. The van der Waals surface area contributed by atoms with Gasteiger partial charge in [0.05, 0.1) is 24.0 Å². The van der Waals surface area contributed by atoms with Crippen LogP contribution < -0.4 is 10.6 Å². The van der Waals surface area contributed by atoms with Crippen LogP contribution in [0.25, 0.3) is 0 Å². The third-order valence-corrected chi connectivity index (χ3v) is 5.70. The smallest absolute Gasteiger partial charge is 0.350 e. The van der Waals surface area contributed by atoms with E-state index in [0.717, 1.165) is 22.0 Å². The molecule has 2 aromatic heterocycles. The summed E-state index contributed by atoms with van der Waals surface area (Å²) >= 11 is 1.34. The molecular formula is C19H29N5O3S. The normalized spacial score (nSPS) is 13.9. The summed E-state index contributed by atoms with van der Waals surface area (Å²) in [6, 6.07) is -0.104. The second-order valence-corrected chi connectivity index (χ2v) is 7.68. The molecule has 28 heavy (non-hydrogen) atoms. The van der Waals surface area contributed by atoms with Crippen molar-refractivity contribution in [1.82, 2.24) is 20.8 Å². The molecule has 0 aromatic carbocycles. The molecule has 2 atom stereocenters. The number of esters is 1. The minimum atomic E-state index is -0.327. The summed E-state index contributed by atoms with van der Waals surface area (Å²) in [4.78, 5) is 21.3. The molecule has 2 unspecified atom stereocenters. The van der Waals surface area contributed by atoms with Crippen molar-refractivity contribution in [1.29, 1.82) is 0 Å². The number of aryl methyl sites for hydroxylation is 3. The second kappa shape index (κ2) is 9.68. The van der Waals surface area contributed by atoms with E-state index < -0.39 is 0 Å². The van der Waals surface area contributed by atoms with Crippen LogP contribution in [0, 0.1) is 20.8 Å². The monoisotopic (exact) mass is 407 g/mol. The van der Waals surface area contributed by atoms with Gasteiger partial charge in [0.1, 0.15) is 15.6 Å². The van der Waals surface area contributed by atoms with Gasteiger partial charge in [-0.15, -0.1) is 11.3 Å². The Hall–Kier alpha value is -2.42. The van der Waals surface area contributed by atoms with Crippen molar-refractivity contribution in [3.05, 3.63) is 32.6 Å². The number of hydrogen-bond acceptors (Lipinski definition) is 7. The number of ether oxygens (including phenoxy) is 1. The number of aromatic nitrogens is 2. The maximum Gasteiger partial charge on any atom is 0.350 e. The standard InChI is InChI=1S/C19H29N5O3S/c1-8-26-18(25)16-12(4)22-17(28-16)13(5)23-19(20-7)21-9-10(2)15-11(3)24-27-14(15)6/h10,13H,8-9H2,1-7H3,(H2,20,21,23). The maximum absolute atomic E-state index is 12.0. The predicted octanol–water partition coefficient (Wildman–Crippen LogP) is 3.26. The summed E-state index contributed by atoms with van der Waals surface area (Å²) in [5.41, 5.74) is 2.71. The summed E-state index contributed by atoms with van der Waals surface area (Å²) in [6.45, 7) is 12.6. The van der Waals surface area contributed by atoms with Crippen LogP contribution in [0.5, 0.6) is 0 Å². The Labute approximate surface area is 169 Å². The lowest BCUT2D eigenvalue weighted by molar-refractivity contribution is 0.0531. The van der Waals surface area contributed by atoms with Gasteiger partial charge >= 0.3 is 5.97 Å². The fourth-order valence-electron chi connectivity index (χ4n) is 3.00. The second-order valence-electron chi connectivity index (χ2n) is 6.65. The van der Waals surface area contributed by atoms with Crippen molar-refractivity contribution in [3.63, 3.8) is 0 Å².